The fourth-order valence-electron chi connectivity index (χ4n) is 4.62. The van der Waals surface area contributed by atoms with Crippen LogP contribution in [-0.4, -0.2) is 102 Å². The molecule has 1 unspecified atom stereocenters. The molecule has 1 N–H and O–H groups in total. The maximum Gasteiger partial charge on any atom is 0.239 e. The van der Waals surface area contributed by atoms with Crippen molar-refractivity contribution in [1.29, 1.82) is 0 Å². The molecule has 2 aliphatic rings. The number of ether oxygens (including phenoxy) is 1. The van der Waals surface area contributed by atoms with Gasteiger partial charge in [-0.3, -0.25) is 14.4 Å². The molecule has 32 heavy (non-hydrogen) atoms. The number of piperazine rings is 1. The average Bonchev–Trinajstić information content (AvgIpc) is 3.43. The number of rotatable bonds is 8. The number of hydrogen-bond acceptors (Lipinski definition) is 5. The summed E-state index contributed by atoms with van der Waals surface area (Å²) in [6.07, 6.45) is 2.28. The molecule has 1 aromatic rings. The number of aryl methyl sites for hydroxylation is 1. The molecule has 2 aliphatic heterocycles. The van der Waals surface area contributed by atoms with Gasteiger partial charge in [0.25, 0.3) is 0 Å². The number of nitrogens with zero attached hydrogens (tertiary/aromatic N) is 6. The first-order chi connectivity index (χ1) is 15.5. The van der Waals surface area contributed by atoms with E-state index in [0.717, 1.165) is 82.5 Å². The van der Waals surface area contributed by atoms with E-state index in [2.05, 4.69) is 41.0 Å². The van der Waals surface area contributed by atoms with Gasteiger partial charge in [0.1, 0.15) is 0 Å². The zero-order valence-corrected chi connectivity index (χ0v) is 20.6. The second-order valence-electron chi connectivity index (χ2n) is 8.77. The van der Waals surface area contributed by atoms with Gasteiger partial charge >= 0.3 is 0 Å². The summed E-state index contributed by atoms with van der Waals surface area (Å²) in [5.41, 5.74) is 3.36. The molecule has 0 aromatic carbocycles. The average molecular weight is 448 g/mol. The van der Waals surface area contributed by atoms with E-state index in [9.17, 15) is 4.79 Å². The zero-order chi connectivity index (χ0) is 23.1. The lowest BCUT2D eigenvalue weighted by Gasteiger charge is -2.39. The van der Waals surface area contributed by atoms with Crippen LogP contribution in [-0.2, 0) is 22.6 Å². The quantitative estimate of drug-likeness (QED) is 0.477. The first kappa shape index (κ1) is 24.5. The van der Waals surface area contributed by atoms with E-state index < -0.39 is 0 Å². The van der Waals surface area contributed by atoms with Crippen LogP contribution in [0.25, 0.3) is 0 Å². The van der Waals surface area contributed by atoms with Gasteiger partial charge in [-0.1, -0.05) is 0 Å². The Morgan fingerprint density at radius 3 is 2.44 bits per heavy atom. The Morgan fingerprint density at radius 1 is 1.12 bits per heavy atom. The van der Waals surface area contributed by atoms with Crippen molar-refractivity contribution in [3.05, 3.63) is 17.0 Å². The maximum atomic E-state index is 12.8. The fourth-order valence-corrected chi connectivity index (χ4v) is 4.62. The van der Waals surface area contributed by atoms with Gasteiger partial charge in [-0.05, 0) is 40.5 Å². The number of amides is 1. The lowest BCUT2D eigenvalue weighted by atomic mass is 10.2. The van der Waals surface area contributed by atoms with Crippen molar-refractivity contribution in [1.82, 2.24) is 29.8 Å². The summed E-state index contributed by atoms with van der Waals surface area (Å²) in [6.45, 7) is 16.5. The van der Waals surface area contributed by atoms with Crippen molar-refractivity contribution in [2.75, 3.05) is 59.5 Å². The molecule has 1 aromatic heterocycles. The summed E-state index contributed by atoms with van der Waals surface area (Å²) >= 11 is 0. The van der Waals surface area contributed by atoms with Crippen LogP contribution in [0.4, 0.5) is 0 Å². The summed E-state index contributed by atoms with van der Waals surface area (Å²) < 4.78 is 7.20. The fraction of sp³-hybridized carbons (Fsp3) is 0.783. The summed E-state index contributed by atoms with van der Waals surface area (Å²) in [5, 5.41) is 8.10. The highest BCUT2D eigenvalue weighted by Gasteiger charge is 2.30. The number of carbonyl (C=O) groups excluding carboxylic acids is 1. The number of aliphatic imine (C=N–C) groups is 1. The highest BCUT2D eigenvalue weighted by atomic mass is 16.5. The third-order valence-electron chi connectivity index (χ3n) is 6.70. The Kier molecular flexibility index (Phi) is 8.92. The van der Waals surface area contributed by atoms with E-state index in [4.69, 9.17) is 9.73 Å². The number of carbonyl (C=O) groups is 1. The highest BCUT2D eigenvalue weighted by molar-refractivity contribution is 5.82. The van der Waals surface area contributed by atoms with Gasteiger partial charge in [-0.25, -0.2) is 4.99 Å². The first-order valence-corrected chi connectivity index (χ1v) is 12.0. The molecule has 1 atom stereocenters. The third kappa shape index (κ3) is 5.81. The van der Waals surface area contributed by atoms with Gasteiger partial charge in [0.15, 0.2) is 5.96 Å². The lowest BCUT2D eigenvalue weighted by Crippen LogP contribution is -2.57. The number of hydrogen-bond donors (Lipinski definition) is 1. The van der Waals surface area contributed by atoms with E-state index in [1.165, 1.54) is 5.56 Å². The van der Waals surface area contributed by atoms with Crippen molar-refractivity contribution in [2.45, 2.75) is 59.7 Å². The minimum Gasteiger partial charge on any atom is -0.383 e. The van der Waals surface area contributed by atoms with E-state index in [1.54, 1.807) is 7.11 Å². The van der Waals surface area contributed by atoms with E-state index in [-0.39, 0.29) is 11.9 Å². The van der Waals surface area contributed by atoms with E-state index >= 15 is 0 Å². The van der Waals surface area contributed by atoms with Crippen molar-refractivity contribution in [2.24, 2.45) is 4.99 Å². The number of nitrogens with one attached hydrogen (secondary N) is 1. The molecular weight excluding hydrogens is 406 g/mol. The third-order valence-corrected chi connectivity index (χ3v) is 6.70. The molecule has 2 saturated heterocycles. The normalized spacial score (nSPS) is 19.0. The summed E-state index contributed by atoms with van der Waals surface area (Å²) in [6, 6.07) is -0.0435. The summed E-state index contributed by atoms with van der Waals surface area (Å²) in [5.74, 6) is 1.22. The van der Waals surface area contributed by atoms with Crippen molar-refractivity contribution in [3.63, 3.8) is 0 Å². The molecule has 9 heteroatoms. The number of guanidine groups is 1. The molecule has 0 aliphatic carbocycles. The minimum atomic E-state index is -0.0435. The molecule has 9 nitrogen and oxygen atoms in total. The van der Waals surface area contributed by atoms with Gasteiger partial charge < -0.3 is 19.9 Å². The Balaban J connectivity index is 1.60. The topological polar surface area (TPSA) is 78.2 Å². The van der Waals surface area contributed by atoms with Crippen LogP contribution >= 0.6 is 0 Å². The van der Waals surface area contributed by atoms with Crippen molar-refractivity contribution in [3.8, 4) is 0 Å². The van der Waals surface area contributed by atoms with Gasteiger partial charge in [0, 0.05) is 64.2 Å². The Morgan fingerprint density at radius 2 is 1.81 bits per heavy atom. The van der Waals surface area contributed by atoms with Crippen LogP contribution in [0.3, 0.4) is 0 Å². The van der Waals surface area contributed by atoms with Gasteiger partial charge in [-0.15, -0.1) is 0 Å². The molecule has 3 rings (SSSR count). The molecule has 0 spiro atoms. The smallest absolute Gasteiger partial charge is 0.239 e. The standard InChI is InChI=1S/C23H41N7O2/c1-6-24-23(25-17-21-18(2)26-30(19(21)3)15-16-32-5)29-13-11-27(12-14-29)20(4)22(31)28-9-7-8-10-28/h20H,6-17H2,1-5H3,(H,24,25). The van der Waals surface area contributed by atoms with Crippen molar-refractivity contribution >= 4 is 11.9 Å². The molecule has 0 bridgehead atoms. The maximum absolute atomic E-state index is 12.8. The Bertz CT molecular complexity index is 778. The van der Waals surface area contributed by atoms with Crippen molar-refractivity contribution < 1.29 is 9.53 Å². The predicted molar refractivity (Wildman–Crippen MR) is 127 cm³/mol. The van der Waals surface area contributed by atoms with E-state index in [0.29, 0.717) is 13.2 Å². The Labute approximate surface area is 192 Å². The molecule has 180 valence electrons. The van der Waals surface area contributed by atoms with Crippen LogP contribution in [0, 0.1) is 13.8 Å². The lowest BCUT2D eigenvalue weighted by molar-refractivity contribution is -0.135. The first-order valence-electron chi connectivity index (χ1n) is 12.0. The largest absolute Gasteiger partial charge is 0.383 e. The molecule has 1 amide bonds. The summed E-state index contributed by atoms with van der Waals surface area (Å²) in [4.78, 5) is 24.4. The van der Waals surface area contributed by atoms with Gasteiger partial charge in [0.05, 0.1) is 31.4 Å². The zero-order valence-electron chi connectivity index (χ0n) is 20.6. The van der Waals surface area contributed by atoms with Gasteiger partial charge in [0.2, 0.25) is 5.91 Å². The van der Waals surface area contributed by atoms with Gasteiger partial charge in [-0.2, -0.15) is 5.10 Å². The van der Waals surface area contributed by atoms with Crippen LogP contribution in [0.5, 0.6) is 0 Å². The molecule has 0 saturated carbocycles. The second kappa shape index (κ2) is 11.7. The second-order valence-corrected chi connectivity index (χ2v) is 8.77. The number of aromatic nitrogens is 2. The molecular formula is C23H41N7O2. The molecule has 2 fully saturated rings. The SMILES string of the molecule is CCNC(=NCc1c(C)nn(CCOC)c1C)N1CCN(C(C)C(=O)N2CCCC2)CC1. The minimum absolute atomic E-state index is 0.0435. The highest BCUT2D eigenvalue weighted by Crippen LogP contribution is 2.16. The van der Waals surface area contributed by atoms with Crippen LogP contribution in [0.1, 0.15) is 43.6 Å². The number of methoxy groups -OCH3 is 1. The molecule has 0 radical (unpaired) electrons. The summed E-state index contributed by atoms with van der Waals surface area (Å²) in [7, 11) is 1.71. The monoisotopic (exact) mass is 447 g/mol. The van der Waals surface area contributed by atoms with Crippen LogP contribution in [0.2, 0.25) is 0 Å². The molecule has 3 heterocycles. The van der Waals surface area contributed by atoms with E-state index in [1.807, 2.05) is 16.5 Å². The van der Waals surface area contributed by atoms with Crippen LogP contribution < -0.4 is 5.32 Å². The van der Waals surface area contributed by atoms with Crippen LogP contribution in [0.15, 0.2) is 4.99 Å². The predicted octanol–water partition coefficient (Wildman–Crippen LogP) is 1.24. The number of likely N-dealkylation sites (tertiary alicyclic amines) is 1. The Hall–Kier alpha value is -2.13.